The fraction of sp³-hybridized carbons (Fsp3) is 0.471. The zero-order chi connectivity index (χ0) is 17.2. The monoisotopic (exact) mass is 320 g/mol. The van der Waals surface area contributed by atoms with E-state index in [0.29, 0.717) is 5.56 Å². The van der Waals surface area contributed by atoms with E-state index < -0.39 is 41.4 Å². The van der Waals surface area contributed by atoms with E-state index in [-0.39, 0.29) is 0 Å². The van der Waals surface area contributed by atoms with Gasteiger partial charge in [0.25, 0.3) is 0 Å². The maximum Gasteiger partial charge on any atom is 0.347 e. The van der Waals surface area contributed by atoms with E-state index >= 15 is 0 Å². The Balaban J connectivity index is 2.40. The maximum absolute atomic E-state index is 12.4. The van der Waals surface area contributed by atoms with Gasteiger partial charge >= 0.3 is 17.9 Å². The van der Waals surface area contributed by atoms with E-state index in [1.165, 1.54) is 7.11 Å². The van der Waals surface area contributed by atoms with E-state index in [0.717, 1.165) is 0 Å². The first-order valence-corrected chi connectivity index (χ1v) is 7.30. The Morgan fingerprint density at radius 1 is 1.09 bits per heavy atom. The largest absolute Gasteiger partial charge is 0.466 e. The molecule has 0 aliphatic carbocycles. The van der Waals surface area contributed by atoms with E-state index in [9.17, 15) is 14.4 Å². The molecule has 0 N–H and O–H groups in total. The lowest BCUT2D eigenvalue weighted by atomic mass is 9.84. The molecule has 0 unspecified atom stereocenters. The van der Waals surface area contributed by atoms with Crippen LogP contribution >= 0.6 is 0 Å². The van der Waals surface area contributed by atoms with Crippen molar-refractivity contribution in [3.8, 4) is 0 Å². The van der Waals surface area contributed by atoms with Crippen LogP contribution < -0.4 is 0 Å². The third kappa shape index (κ3) is 3.70. The van der Waals surface area contributed by atoms with Crippen molar-refractivity contribution in [1.82, 2.24) is 0 Å². The molecule has 2 rings (SSSR count). The molecule has 1 aliphatic heterocycles. The van der Waals surface area contributed by atoms with Crippen molar-refractivity contribution in [2.24, 2.45) is 5.92 Å². The highest BCUT2D eigenvalue weighted by atomic mass is 16.6. The first kappa shape index (κ1) is 17.0. The molecule has 0 amide bonds. The van der Waals surface area contributed by atoms with Crippen molar-refractivity contribution in [3.63, 3.8) is 0 Å². The maximum atomic E-state index is 12.4. The van der Waals surface area contributed by atoms with Gasteiger partial charge in [0.05, 0.1) is 13.0 Å². The summed E-state index contributed by atoms with van der Waals surface area (Å²) in [7, 11) is 1.21. The molecule has 23 heavy (non-hydrogen) atoms. The van der Waals surface area contributed by atoms with Gasteiger partial charge < -0.3 is 14.2 Å². The van der Waals surface area contributed by atoms with Gasteiger partial charge in [-0.05, 0) is 26.3 Å². The molecular formula is C17H20O6. The summed E-state index contributed by atoms with van der Waals surface area (Å²) in [6.07, 6.45) is -1.16. The summed E-state index contributed by atoms with van der Waals surface area (Å²) in [6, 6.07) is 8.80. The van der Waals surface area contributed by atoms with Crippen molar-refractivity contribution < 1.29 is 28.6 Å². The highest BCUT2D eigenvalue weighted by Gasteiger charge is 2.54. The fourth-order valence-corrected chi connectivity index (χ4v) is 2.55. The summed E-state index contributed by atoms with van der Waals surface area (Å²) >= 11 is 0. The van der Waals surface area contributed by atoms with Crippen molar-refractivity contribution in [3.05, 3.63) is 35.9 Å². The van der Waals surface area contributed by atoms with Crippen LogP contribution in [0.4, 0.5) is 0 Å². The van der Waals surface area contributed by atoms with Crippen molar-refractivity contribution in [1.29, 1.82) is 0 Å². The molecule has 1 heterocycles. The van der Waals surface area contributed by atoms with E-state index in [2.05, 4.69) is 0 Å². The molecule has 124 valence electrons. The topological polar surface area (TPSA) is 78.9 Å². The summed E-state index contributed by atoms with van der Waals surface area (Å²) < 4.78 is 15.1. The molecule has 1 aliphatic rings. The number of benzene rings is 1. The Morgan fingerprint density at radius 2 is 1.70 bits per heavy atom. The zero-order valence-electron chi connectivity index (χ0n) is 13.6. The lowest BCUT2D eigenvalue weighted by Crippen LogP contribution is -2.35. The van der Waals surface area contributed by atoms with Crippen molar-refractivity contribution >= 4 is 17.9 Å². The van der Waals surface area contributed by atoms with Crippen LogP contribution in [0.25, 0.3) is 0 Å². The van der Waals surface area contributed by atoms with Gasteiger partial charge in [0.1, 0.15) is 5.60 Å². The first-order chi connectivity index (χ1) is 10.7. The number of carbonyl (C=O) groups is 3. The quantitative estimate of drug-likeness (QED) is 0.480. The Bertz CT molecular complexity index is 601. The number of cyclic esters (lactones) is 1. The number of hydrogen-bond acceptors (Lipinski definition) is 6. The minimum absolute atomic E-state index is 0.643. The third-order valence-electron chi connectivity index (χ3n) is 3.46. The van der Waals surface area contributed by atoms with Gasteiger partial charge in [0.2, 0.25) is 6.10 Å². The SMILES string of the molecule is COC(=O)[C@@H]1OC(=O)[C@@H](C(=O)OC(C)(C)C)[C@H]1c1ccccc1. The molecule has 0 radical (unpaired) electrons. The van der Waals surface area contributed by atoms with Crippen LogP contribution in [0.15, 0.2) is 30.3 Å². The van der Waals surface area contributed by atoms with Crippen LogP contribution in [0.2, 0.25) is 0 Å². The summed E-state index contributed by atoms with van der Waals surface area (Å²) in [6.45, 7) is 5.13. The summed E-state index contributed by atoms with van der Waals surface area (Å²) in [5.74, 6) is -4.14. The molecule has 0 spiro atoms. The summed E-state index contributed by atoms with van der Waals surface area (Å²) in [4.78, 5) is 36.6. The highest BCUT2D eigenvalue weighted by molar-refractivity contribution is 6.00. The molecule has 6 nitrogen and oxygen atoms in total. The van der Waals surface area contributed by atoms with Crippen LogP contribution in [0, 0.1) is 5.92 Å². The van der Waals surface area contributed by atoms with Gasteiger partial charge in [-0.25, -0.2) is 4.79 Å². The molecule has 3 atom stereocenters. The molecule has 1 aromatic rings. The van der Waals surface area contributed by atoms with E-state index in [1.54, 1.807) is 51.1 Å². The Labute approximate surface area is 134 Å². The van der Waals surface area contributed by atoms with Crippen molar-refractivity contribution in [2.45, 2.75) is 38.4 Å². The van der Waals surface area contributed by atoms with Gasteiger partial charge in [0.15, 0.2) is 5.92 Å². The first-order valence-electron chi connectivity index (χ1n) is 7.30. The number of ether oxygens (including phenoxy) is 3. The Morgan fingerprint density at radius 3 is 2.22 bits per heavy atom. The normalized spacial score (nSPS) is 24.0. The molecule has 0 bridgehead atoms. The number of esters is 3. The molecule has 0 saturated carbocycles. The van der Waals surface area contributed by atoms with Crippen LogP contribution in [0.5, 0.6) is 0 Å². The Hall–Kier alpha value is -2.37. The smallest absolute Gasteiger partial charge is 0.347 e. The minimum atomic E-state index is -1.19. The van der Waals surface area contributed by atoms with E-state index in [4.69, 9.17) is 14.2 Å². The fourth-order valence-electron chi connectivity index (χ4n) is 2.55. The van der Waals surface area contributed by atoms with Gasteiger partial charge in [-0.1, -0.05) is 30.3 Å². The lowest BCUT2D eigenvalue weighted by molar-refractivity contribution is -0.166. The number of rotatable bonds is 3. The molecule has 1 saturated heterocycles. The minimum Gasteiger partial charge on any atom is -0.466 e. The lowest BCUT2D eigenvalue weighted by Gasteiger charge is -2.24. The second kappa shape index (κ2) is 6.40. The average molecular weight is 320 g/mol. The third-order valence-corrected chi connectivity index (χ3v) is 3.46. The number of hydrogen-bond donors (Lipinski definition) is 0. The Kier molecular flexibility index (Phi) is 4.73. The number of carbonyl (C=O) groups excluding carboxylic acids is 3. The molecule has 1 aromatic carbocycles. The van der Waals surface area contributed by atoms with Crippen molar-refractivity contribution in [2.75, 3.05) is 7.11 Å². The van der Waals surface area contributed by atoms with Crippen LogP contribution in [0.1, 0.15) is 32.3 Å². The second-order valence-corrected chi connectivity index (χ2v) is 6.33. The zero-order valence-corrected chi connectivity index (χ0v) is 13.6. The molecular weight excluding hydrogens is 300 g/mol. The standard InChI is InChI=1S/C17H20O6/c1-17(2,3)23-15(19)12-11(10-8-6-5-7-9-10)13(16(20)21-4)22-14(12)18/h5-9,11-13H,1-4H3/t11-,12+,13-/m1/s1. The molecule has 6 heteroatoms. The van der Waals surface area contributed by atoms with Crippen LogP contribution in [-0.2, 0) is 28.6 Å². The van der Waals surface area contributed by atoms with Gasteiger partial charge in [-0.15, -0.1) is 0 Å². The van der Waals surface area contributed by atoms with Gasteiger partial charge in [-0.2, -0.15) is 0 Å². The molecule has 1 fully saturated rings. The van der Waals surface area contributed by atoms with Crippen LogP contribution in [0.3, 0.4) is 0 Å². The second-order valence-electron chi connectivity index (χ2n) is 6.33. The van der Waals surface area contributed by atoms with Gasteiger partial charge in [-0.3, -0.25) is 9.59 Å². The number of methoxy groups -OCH3 is 1. The molecule has 0 aromatic heterocycles. The van der Waals surface area contributed by atoms with Gasteiger partial charge in [0, 0.05) is 0 Å². The van der Waals surface area contributed by atoms with Crippen LogP contribution in [-0.4, -0.2) is 36.7 Å². The van der Waals surface area contributed by atoms with E-state index in [1.807, 2.05) is 0 Å². The summed E-state index contributed by atoms with van der Waals surface area (Å²) in [5, 5.41) is 0. The summed E-state index contributed by atoms with van der Waals surface area (Å²) in [5.41, 5.74) is -0.105. The predicted molar refractivity (Wildman–Crippen MR) is 80.4 cm³/mol. The average Bonchev–Trinajstić information content (AvgIpc) is 2.83. The highest BCUT2D eigenvalue weighted by Crippen LogP contribution is 2.39. The predicted octanol–water partition coefficient (Wildman–Crippen LogP) is 1.83.